The molecule has 0 bridgehead atoms. The van der Waals surface area contributed by atoms with Crippen LogP contribution in [-0.4, -0.2) is 24.9 Å². The standard InChI is InChI=1S/C17H19FN2O3/c18-14-5-1-4-13(12-14)8-10-19-16(21)7-2-9-20-17(22)15-6-3-11-23-15/h1,3-6,11-12H,2,7-10H2,(H,19,21)(H,20,22). The topological polar surface area (TPSA) is 71.3 Å². The van der Waals surface area contributed by atoms with Crippen molar-refractivity contribution in [3.05, 3.63) is 59.8 Å². The Bertz CT molecular complexity index is 641. The maximum atomic E-state index is 13.0. The Morgan fingerprint density at radius 1 is 1.09 bits per heavy atom. The van der Waals surface area contributed by atoms with Gasteiger partial charge in [0, 0.05) is 19.5 Å². The molecule has 2 N–H and O–H groups in total. The zero-order valence-electron chi connectivity index (χ0n) is 12.7. The molecule has 1 heterocycles. The number of nitrogens with one attached hydrogen (secondary N) is 2. The van der Waals surface area contributed by atoms with Crippen molar-refractivity contribution in [3.63, 3.8) is 0 Å². The lowest BCUT2D eigenvalue weighted by Crippen LogP contribution is -2.28. The average molecular weight is 318 g/mol. The summed E-state index contributed by atoms with van der Waals surface area (Å²) < 4.78 is 18.0. The van der Waals surface area contributed by atoms with E-state index in [0.29, 0.717) is 32.4 Å². The quantitative estimate of drug-likeness (QED) is 0.734. The van der Waals surface area contributed by atoms with Gasteiger partial charge >= 0.3 is 0 Å². The van der Waals surface area contributed by atoms with Gasteiger partial charge in [0.2, 0.25) is 5.91 Å². The fourth-order valence-corrected chi connectivity index (χ4v) is 2.07. The zero-order chi connectivity index (χ0) is 16.5. The molecule has 0 radical (unpaired) electrons. The minimum absolute atomic E-state index is 0.0892. The van der Waals surface area contributed by atoms with Gasteiger partial charge in [0.05, 0.1) is 6.26 Å². The highest BCUT2D eigenvalue weighted by Crippen LogP contribution is 2.03. The van der Waals surface area contributed by atoms with E-state index in [2.05, 4.69) is 10.6 Å². The molecule has 122 valence electrons. The molecule has 0 unspecified atom stereocenters. The molecule has 0 saturated heterocycles. The molecule has 0 atom stereocenters. The van der Waals surface area contributed by atoms with Gasteiger partial charge in [0.25, 0.3) is 5.91 Å². The smallest absolute Gasteiger partial charge is 0.286 e. The van der Waals surface area contributed by atoms with Crippen LogP contribution in [-0.2, 0) is 11.2 Å². The van der Waals surface area contributed by atoms with Crippen LogP contribution in [0.3, 0.4) is 0 Å². The summed E-state index contributed by atoms with van der Waals surface area (Å²) >= 11 is 0. The molecule has 1 aromatic carbocycles. The van der Waals surface area contributed by atoms with E-state index in [4.69, 9.17) is 4.42 Å². The number of rotatable bonds is 8. The maximum absolute atomic E-state index is 13.0. The molecule has 23 heavy (non-hydrogen) atoms. The molecule has 2 rings (SSSR count). The SMILES string of the molecule is O=C(CCCNC(=O)c1ccco1)NCCc1cccc(F)c1. The minimum Gasteiger partial charge on any atom is -0.459 e. The minimum atomic E-state index is -0.290. The molecule has 0 aliphatic heterocycles. The number of halogens is 1. The molecule has 0 aliphatic rings. The van der Waals surface area contributed by atoms with Crippen LogP contribution in [0.2, 0.25) is 0 Å². The van der Waals surface area contributed by atoms with Gasteiger partial charge in [-0.05, 0) is 42.7 Å². The first-order chi connectivity index (χ1) is 11.1. The van der Waals surface area contributed by atoms with Gasteiger partial charge in [-0.25, -0.2) is 4.39 Å². The van der Waals surface area contributed by atoms with E-state index in [9.17, 15) is 14.0 Å². The molecule has 0 fully saturated rings. The van der Waals surface area contributed by atoms with Gasteiger partial charge in [-0.1, -0.05) is 12.1 Å². The van der Waals surface area contributed by atoms with Crippen molar-refractivity contribution in [1.29, 1.82) is 0 Å². The number of hydrogen-bond acceptors (Lipinski definition) is 3. The van der Waals surface area contributed by atoms with Crippen molar-refractivity contribution in [2.75, 3.05) is 13.1 Å². The largest absolute Gasteiger partial charge is 0.459 e. The normalized spacial score (nSPS) is 10.3. The van der Waals surface area contributed by atoms with E-state index < -0.39 is 0 Å². The summed E-state index contributed by atoms with van der Waals surface area (Å²) in [5.74, 6) is -0.402. The summed E-state index contributed by atoms with van der Waals surface area (Å²) in [4.78, 5) is 23.2. The Kier molecular flexibility index (Phi) is 6.35. The van der Waals surface area contributed by atoms with Crippen molar-refractivity contribution in [3.8, 4) is 0 Å². The molecular weight excluding hydrogens is 299 g/mol. The van der Waals surface area contributed by atoms with Gasteiger partial charge in [-0.3, -0.25) is 9.59 Å². The lowest BCUT2D eigenvalue weighted by molar-refractivity contribution is -0.121. The second kappa shape index (κ2) is 8.73. The molecule has 2 amide bonds. The van der Waals surface area contributed by atoms with E-state index in [1.165, 1.54) is 18.4 Å². The molecule has 0 saturated carbocycles. The summed E-state index contributed by atoms with van der Waals surface area (Å²) in [5.41, 5.74) is 0.844. The van der Waals surface area contributed by atoms with Crippen molar-refractivity contribution in [2.24, 2.45) is 0 Å². The van der Waals surface area contributed by atoms with Gasteiger partial charge in [0.1, 0.15) is 5.82 Å². The predicted octanol–water partition coefficient (Wildman–Crippen LogP) is 2.29. The monoisotopic (exact) mass is 318 g/mol. The highest BCUT2D eigenvalue weighted by atomic mass is 19.1. The number of carbonyl (C=O) groups excluding carboxylic acids is 2. The summed E-state index contributed by atoms with van der Waals surface area (Å²) in [7, 11) is 0. The summed E-state index contributed by atoms with van der Waals surface area (Å²) in [6.07, 6.45) is 2.87. The highest BCUT2D eigenvalue weighted by molar-refractivity contribution is 5.91. The van der Waals surface area contributed by atoms with E-state index in [1.54, 1.807) is 18.2 Å². The van der Waals surface area contributed by atoms with E-state index in [0.717, 1.165) is 5.56 Å². The van der Waals surface area contributed by atoms with Crippen LogP contribution in [0.25, 0.3) is 0 Å². The Morgan fingerprint density at radius 3 is 2.70 bits per heavy atom. The summed E-state index contributed by atoms with van der Waals surface area (Å²) in [5, 5.41) is 5.45. The predicted molar refractivity (Wildman–Crippen MR) is 83.4 cm³/mol. The van der Waals surface area contributed by atoms with Crippen LogP contribution in [0.15, 0.2) is 47.1 Å². The van der Waals surface area contributed by atoms with Crippen molar-refractivity contribution in [2.45, 2.75) is 19.3 Å². The lowest BCUT2D eigenvalue weighted by Gasteiger charge is -2.06. The number of hydrogen-bond donors (Lipinski definition) is 2. The van der Waals surface area contributed by atoms with Gasteiger partial charge in [-0.15, -0.1) is 0 Å². The number of benzene rings is 1. The Morgan fingerprint density at radius 2 is 1.96 bits per heavy atom. The van der Waals surface area contributed by atoms with E-state index >= 15 is 0 Å². The molecule has 1 aromatic heterocycles. The Labute approximate surface area is 133 Å². The third-order valence-corrected chi connectivity index (χ3v) is 3.24. The van der Waals surface area contributed by atoms with Crippen LogP contribution in [0.4, 0.5) is 4.39 Å². The van der Waals surface area contributed by atoms with Crippen LogP contribution >= 0.6 is 0 Å². The van der Waals surface area contributed by atoms with Crippen LogP contribution < -0.4 is 10.6 Å². The fourth-order valence-electron chi connectivity index (χ4n) is 2.07. The lowest BCUT2D eigenvalue weighted by atomic mass is 10.1. The van der Waals surface area contributed by atoms with E-state index in [-0.39, 0.29) is 23.4 Å². The average Bonchev–Trinajstić information content (AvgIpc) is 3.06. The third-order valence-electron chi connectivity index (χ3n) is 3.24. The van der Waals surface area contributed by atoms with E-state index in [1.807, 2.05) is 6.07 Å². The summed E-state index contributed by atoms with van der Waals surface area (Å²) in [6, 6.07) is 9.53. The number of carbonyl (C=O) groups is 2. The highest BCUT2D eigenvalue weighted by Gasteiger charge is 2.07. The Hall–Kier alpha value is -2.63. The first kappa shape index (κ1) is 16.7. The third kappa shape index (κ3) is 5.94. The summed E-state index contributed by atoms with van der Waals surface area (Å²) in [6.45, 7) is 0.859. The molecule has 0 spiro atoms. The van der Waals surface area contributed by atoms with Crippen LogP contribution in [0.5, 0.6) is 0 Å². The Balaban J connectivity index is 1.56. The van der Waals surface area contributed by atoms with Crippen molar-refractivity contribution >= 4 is 11.8 Å². The van der Waals surface area contributed by atoms with Crippen LogP contribution in [0.1, 0.15) is 29.0 Å². The fraction of sp³-hybridized carbons (Fsp3) is 0.294. The number of amides is 2. The zero-order valence-corrected chi connectivity index (χ0v) is 12.7. The second-order valence-corrected chi connectivity index (χ2v) is 5.07. The van der Waals surface area contributed by atoms with Crippen LogP contribution in [0, 0.1) is 5.82 Å². The second-order valence-electron chi connectivity index (χ2n) is 5.07. The van der Waals surface area contributed by atoms with Crippen molar-refractivity contribution in [1.82, 2.24) is 10.6 Å². The van der Waals surface area contributed by atoms with Gasteiger partial charge < -0.3 is 15.1 Å². The molecule has 2 aromatic rings. The van der Waals surface area contributed by atoms with Gasteiger partial charge in [0.15, 0.2) is 5.76 Å². The number of furan rings is 1. The molecular formula is C17H19FN2O3. The molecule has 5 nitrogen and oxygen atoms in total. The molecule has 0 aliphatic carbocycles. The van der Waals surface area contributed by atoms with Gasteiger partial charge in [-0.2, -0.15) is 0 Å². The maximum Gasteiger partial charge on any atom is 0.286 e. The van der Waals surface area contributed by atoms with Crippen molar-refractivity contribution < 1.29 is 18.4 Å². The first-order valence-corrected chi connectivity index (χ1v) is 7.48. The molecule has 6 heteroatoms. The first-order valence-electron chi connectivity index (χ1n) is 7.48.